The van der Waals surface area contributed by atoms with E-state index in [9.17, 15) is 0 Å². The molecule has 0 aliphatic carbocycles. The molecule has 0 aromatic carbocycles. The van der Waals surface area contributed by atoms with E-state index in [1.165, 1.54) is 12.8 Å². The largest absolute Gasteiger partial charge is 0.378 e. The first kappa shape index (κ1) is 11.3. The van der Waals surface area contributed by atoms with E-state index < -0.39 is 0 Å². The van der Waals surface area contributed by atoms with Crippen molar-refractivity contribution >= 4 is 18.1 Å². The molecule has 80 valence electrons. The van der Waals surface area contributed by atoms with Gasteiger partial charge in [0.1, 0.15) is 0 Å². The molecule has 14 heavy (non-hydrogen) atoms. The fourth-order valence-electron chi connectivity index (χ4n) is 1.71. The Bertz CT molecular complexity index is 268. The number of nitrogens with zero attached hydrogens (tertiary/aromatic N) is 2. The maximum absolute atomic E-state index is 4.12. The number of rotatable bonds is 2. The van der Waals surface area contributed by atoms with Gasteiger partial charge in [-0.1, -0.05) is 0 Å². The summed E-state index contributed by atoms with van der Waals surface area (Å²) in [5, 5.41) is 10.9. The standard InChI is InChI=1S/C9H16N4.ClH/c1-13-7-9(6-11-13)12-8-3-2-4-10-5-8;/h6-8,10,12H,2-5H2,1H3;1H. The number of hydrogen-bond acceptors (Lipinski definition) is 3. The third-order valence-corrected chi connectivity index (χ3v) is 2.37. The zero-order chi connectivity index (χ0) is 9.10. The van der Waals surface area contributed by atoms with Gasteiger partial charge in [0.25, 0.3) is 0 Å². The smallest absolute Gasteiger partial charge is 0.0728 e. The number of hydrogen-bond donors (Lipinski definition) is 2. The van der Waals surface area contributed by atoms with Gasteiger partial charge in [0.05, 0.1) is 11.9 Å². The van der Waals surface area contributed by atoms with E-state index in [0.717, 1.165) is 18.8 Å². The molecule has 4 nitrogen and oxygen atoms in total. The minimum atomic E-state index is 0. The molecule has 1 unspecified atom stereocenters. The summed E-state index contributed by atoms with van der Waals surface area (Å²) in [7, 11) is 1.93. The van der Waals surface area contributed by atoms with Crippen molar-refractivity contribution in [2.75, 3.05) is 18.4 Å². The van der Waals surface area contributed by atoms with Crippen LogP contribution in [-0.2, 0) is 7.05 Å². The van der Waals surface area contributed by atoms with Gasteiger partial charge in [0.15, 0.2) is 0 Å². The third-order valence-electron chi connectivity index (χ3n) is 2.37. The second-order valence-corrected chi connectivity index (χ2v) is 3.59. The molecule has 2 heterocycles. The van der Waals surface area contributed by atoms with Crippen LogP contribution < -0.4 is 10.6 Å². The molecule has 1 aliphatic heterocycles. The minimum absolute atomic E-state index is 0. The first-order chi connectivity index (χ1) is 6.34. The van der Waals surface area contributed by atoms with Gasteiger partial charge in [-0.25, -0.2) is 0 Å². The topological polar surface area (TPSA) is 41.9 Å². The summed E-state index contributed by atoms with van der Waals surface area (Å²) in [5.41, 5.74) is 1.12. The summed E-state index contributed by atoms with van der Waals surface area (Å²) in [6.07, 6.45) is 6.39. The number of anilines is 1. The van der Waals surface area contributed by atoms with E-state index in [1.807, 2.05) is 24.1 Å². The van der Waals surface area contributed by atoms with E-state index in [-0.39, 0.29) is 12.4 Å². The zero-order valence-corrected chi connectivity index (χ0v) is 9.18. The maximum Gasteiger partial charge on any atom is 0.0728 e. The Morgan fingerprint density at radius 3 is 3.07 bits per heavy atom. The highest BCUT2D eigenvalue weighted by Gasteiger charge is 2.12. The molecule has 1 atom stereocenters. The van der Waals surface area contributed by atoms with Crippen molar-refractivity contribution in [1.29, 1.82) is 0 Å². The molecular weight excluding hydrogens is 200 g/mol. The Morgan fingerprint density at radius 2 is 2.50 bits per heavy atom. The highest BCUT2D eigenvalue weighted by molar-refractivity contribution is 5.85. The second kappa shape index (κ2) is 5.22. The van der Waals surface area contributed by atoms with Gasteiger partial charge >= 0.3 is 0 Å². The number of halogens is 1. The molecule has 0 radical (unpaired) electrons. The van der Waals surface area contributed by atoms with Gasteiger partial charge in [-0.3, -0.25) is 4.68 Å². The summed E-state index contributed by atoms with van der Waals surface area (Å²) >= 11 is 0. The average Bonchev–Trinajstić information content (AvgIpc) is 2.53. The van der Waals surface area contributed by atoms with E-state index in [4.69, 9.17) is 0 Å². The van der Waals surface area contributed by atoms with E-state index >= 15 is 0 Å². The minimum Gasteiger partial charge on any atom is -0.378 e. The second-order valence-electron chi connectivity index (χ2n) is 3.59. The number of aryl methyl sites for hydroxylation is 1. The number of nitrogens with one attached hydrogen (secondary N) is 2. The van der Waals surface area contributed by atoms with Crippen molar-refractivity contribution in [1.82, 2.24) is 15.1 Å². The first-order valence-electron chi connectivity index (χ1n) is 4.80. The van der Waals surface area contributed by atoms with Gasteiger partial charge < -0.3 is 10.6 Å². The molecule has 2 rings (SSSR count). The van der Waals surface area contributed by atoms with Crippen LogP contribution in [0.2, 0.25) is 0 Å². The van der Waals surface area contributed by atoms with E-state index in [1.54, 1.807) is 0 Å². The van der Waals surface area contributed by atoms with Crippen LogP contribution >= 0.6 is 12.4 Å². The van der Waals surface area contributed by atoms with Gasteiger partial charge in [0.2, 0.25) is 0 Å². The van der Waals surface area contributed by atoms with Crippen LogP contribution in [0.15, 0.2) is 12.4 Å². The Labute approximate surface area is 90.5 Å². The summed E-state index contributed by atoms with van der Waals surface area (Å²) in [6, 6.07) is 0.568. The van der Waals surface area contributed by atoms with Crippen molar-refractivity contribution in [3.63, 3.8) is 0 Å². The Morgan fingerprint density at radius 1 is 1.64 bits per heavy atom. The zero-order valence-electron chi connectivity index (χ0n) is 8.36. The first-order valence-corrected chi connectivity index (χ1v) is 4.80. The predicted octanol–water partition coefficient (Wildman–Crippen LogP) is 1.01. The monoisotopic (exact) mass is 216 g/mol. The highest BCUT2D eigenvalue weighted by atomic mass is 35.5. The average molecular weight is 217 g/mol. The van der Waals surface area contributed by atoms with E-state index in [2.05, 4.69) is 15.7 Å². The summed E-state index contributed by atoms with van der Waals surface area (Å²) in [4.78, 5) is 0. The lowest BCUT2D eigenvalue weighted by Gasteiger charge is -2.23. The van der Waals surface area contributed by atoms with Crippen molar-refractivity contribution in [2.24, 2.45) is 7.05 Å². The van der Waals surface area contributed by atoms with Crippen molar-refractivity contribution in [2.45, 2.75) is 18.9 Å². The van der Waals surface area contributed by atoms with Crippen LogP contribution in [0.4, 0.5) is 5.69 Å². The summed E-state index contributed by atoms with van der Waals surface area (Å²) < 4.78 is 1.82. The Kier molecular flexibility index (Phi) is 4.22. The lowest BCUT2D eigenvalue weighted by atomic mass is 10.1. The molecule has 0 spiro atoms. The number of piperidine rings is 1. The molecular formula is C9H17ClN4. The molecule has 1 aromatic heterocycles. The normalized spacial score (nSPS) is 21.4. The van der Waals surface area contributed by atoms with Crippen molar-refractivity contribution in [3.05, 3.63) is 12.4 Å². The van der Waals surface area contributed by atoms with Gasteiger partial charge in [-0.2, -0.15) is 5.10 Å². The molecule has 1 aromatic rings. The third kappa shape index (κ3) is 2.89. The fourth-order valence-corrected chi connectivity index (χ4v) is 1.71. The highest BCUT2D eigenvalue weighted by Crippen LogP contribution is 2.10. The van der Waals surface area contributed by atoms with Crippen LogP contribution in [0.25, 0.3) is 0 Å². The van der Waals surface area contributed by atoms with Crippen LogP contribution in [-0.4, -0.2) is 28.9 Å². The van der Waals surface area contributed by atoms with Gasteiger partial charge in [-0.15, -0.1) is 12.4 Å². The quantitative estimate of drug-likeness (QED) is 0.776. The Hall–Kier alpha value is -0.740. The van der Waals surface area contributed by atoms with Crippen molar-refractivity contribution < 1.29 is 0 Å². The number of aromatic nitrogens is 2. The van der Waals surface area contributed by atoms with Crippen LogP contribution in [0.5, 0.6) is 0 Å². The molecule has 1 fully saturated rings. The summed E-state index contributed by atoms with van der Waals surface area (Å²) in [5.74, 6) is 0. The lowest BCUT2D eigenvalue weighted by molar-refractivity contribution is 0.480. The Balaban J connectivity index is 0.000000980. The molecule has 1 saturated heterocycles. The lowest BCUT2D eigenvalue weighted by Crippen LogP contribution is -2.38. The molecule has 2 N–H and O–H groups in total. The maximum atomic E-state index is 4.12. The fraction of sp³-hybridized carbons (Fsp3) is 0.667. The molecule has 0 saturated carbocycles. The molecule has 1 aliphatic rings. The van der Waals surface area contributed by atoms with Crippen LogP contribution in [0.3, 0.4) is 0 Å². The van der Waals surface area contributed by atoms with Crippen LogP contribution in [0, 0.1) is 0 Å². The van der Waals surface area contributed by atoms with E-state index in [0.29, 0.717) is 6.04 Å². The van der Waals surface area contributed by atoms with Crippen molar-refractivity contribution in [3.8, 4) is 0 Å². The molecule has 0 bridgehead atoms. The van der Waals surface area contributed by atoms with Gasteiger partial charge in [0, 0.05) is 25.8 Å². The molecule has 5 heteroatoms. The SMILES string of the molecule is Cl.Cn1cc(NC2CCCNC2)cn1. The molecule has 0 amide bonds. The van der Waals surface area contributed by atoms with Crippen LogP contribution in [0.1, 0.15) is 12.8 Å². The predicted molar refractivity (Wildman–Crippen MR) is 60.0 cm³/mol. The summed E-state index contributed by atoms with van der Waals surface area (Å²) in [6.45, 7) is 2.22. The van der Waals surface area contributed by atoms with Gasteiger partial charge in [-0.05, 0) is 19.4 Å².